The number of hydrogen-bond acceptors (Lipinski definition) is 7. The molecule has 1 aliphatic carbocycles. The number of nitrogens with one attached hydrogen (secondary N) is 4. The van der Waals surface area contributed by atoms with Crippen molar-refractivity contribution in [3.8, 4) is 12.3 Å². The van der Waals surface area contributed by atoms with Gasteiger partial charge in [0, 0.05) is 41.6 Å². The lowest BCUT2D eigenvalue weighted by molar-refractivity contribution is 0.00911. The second-order valence-electron chi connectivity index (χ2n) is 12.1. The summed E-state index contributed by atoms with van der Waals surface area (Å²) < 4.78 is 27.9. The number of halogens is 3. The Morgan fingerprint density at radius 2 is 1.98 bits per heavy atom. The van der Waals surface area contributed by atoms with Crippen LogP contribution < -0.4 is 21.6 Å². The molecule has 4 aromatic rings. The number of benzene rings is 2. The number of rotatable bonds is 8. The minimum atomic E-state index is -2.48. The van der Waals surface area contributed by atoms with Crippen LogP contribution in [0.4, 0.5) is 20.2 Å². The minimum absolute atomic E-state index is 0.00691. The van der Waals surface area contributed by atoms with Gasteiger partial charge in [0.05, 0.1) is 39.0 Å². The molecular weight excluding hydrogens is 556 g/mol. The van der Waals surface area contributed by atoms with Crippen LogP contribution in [0.2, 0.25) is 5.02 Å². The van der Waals surface area contributed by atoms with Crippen molar-refractivity contribution in [1.29, 1.82) is 0 Å². The van der Waals surface area contributed by atoms with Crippen molar-refractivity contribution in [2.75, 3.05) is 17.2 Å². The Hall–Kier alpha value is -4.13. The molecule has 2 aromatic carbocycles. The van der Waals surface area contributed by atoms with Gasteiger partial charge in [0.25, 0.3) is 6.43 Å². The average molecular weight is 588 g/mol. The van der Waals surface area contributed by atoms with Crippen molar-refractivity contribution >= 4 is 44.8 Å². The first-order valence-corrected chi connectivity index (χ1v) is 14.2. The van der Waals surface area contributed by atoms with Crippen molar-refractivity contribution in [3.63, 3.8) is 0 Å². The van der Waals surface area contributed by atoms with E-state index in [1.165, 1.54) is 5.01 Å². The third-order valence-corrected chi connectivity index (χ3v) is 7.99. The number of terminal acetylenes is 1. The zero-order valence-electron chi connectivity index (χ0n) is 23.6. The maximum Gasteiger partial charge on any atom is 0.262 e. The largest absolute Gasteiger partial charge is 0.383 e. The molecule has 0 spiro atoms. The molecule has 6 rings (SSSR count). The molecule has 1 saturated carbocycles. The summed E-state index contributed by atoms with van der Waals surface area (Å²) in [6, 6.07) is 13.2. The summed E-state index contributed by atoms with van der Waals surface area (Å²) >= 11 is 6.79. The van der Waals surface area contributed by atoms with E-state index in [1.807, 2.05) is 42.5 Å². The smallest absolute Gasteiger partial charge is 0.262 e. The molecule has 1 aliphatic heterocycles. The first-order chi connectivity index (χ1) is 20.1. The second kappa shape index (κ2) is 10.6. The van der Waals surface area contributed by atoms with Crippen LogP contribution in [0, 0.1) is 17.8 Å². The third kappa shape index (κ3) is 5.28. The Bertz CT molecular complexity index is 1740. The number of anilines is 2. The molecule has 1 fully saturated rings. The summed E-state index contributed by atoms with van der Waals surface area (Å²) in [5, 5.41) is 10.8. The van der Waals surface area contributed by atoms with Crippen LogP contribution in [0.15, 0.2) is 66.8 Å². The van der Waals surface area contributed by atoms with Crippen LogP contribution in [0.25, 0.3) is 21.8 Å². The molecule has 0 bridgehead atoms. The van der Waals surface area contributed by atoms with E-state index in [1.54, 1.807) is 18.6 Å². The van der Waals surface area contributed by atoms with Gasteiger partial charge in [0.2, 0.25) is 0 Å². The maximum atomic E-state index is 13.9. The highest BCUT2D eigenvalue weighted by Crippen LogP contribution is 2.47. The van der Waals surface area contributed by atoms with Crippen LogP contribution in [0.5, 0.6) is 0 Å². The molecule has 1 atom stereocenters. The highest BCUT2D eigenvalue weighted by Gasteiger charge is 2.56. The van der Waals surface area contributed by atoms with E-state index in [9.17, 15) is 8.78 Å². The zero-order valence-corrected chi connectivity index (χ0v) is 24.4. The fourth-order valence-corrected chi connectivity index (χ4v) is 5.44. The molecule has 4 N–H and O–H groups in total. The SMILES string of the molecule is C#Cc1cnc2c(Cl)cc(N[C@H](C3=CN(C4(C(F)F)CC4)NN3)c3ccc4cccnc4c3)cc2c1NCC(C)(C)C. The van der Waals surface area contributed by atoms with E-state index >= 15 is 0 Å². The van der Waals surface area contributed by atoms with Crippen LogP contribution in [0.1, 0.15) is 50.8 Å². The Labute approximate surface area is 248 Å². The summed E-state index contributed by atoms with van der Waals surface area (Å²) in [4.78, 5) is 9.07. The van der Waals surface area contributed by atoms with Gasteiger partial charge in [0.15, 0.2) is 0 Å². The van der Waals surface area contributed by atoms with Crippen molar-refractivity contribution in [1.82, 2.24) is 25.9 Å². The number of fused-ring (bicyclic) bond motifs is 2. The fourth-order valence-electron chi connectivity index (χ4n) is 5.17. The van der Waals surface area contributed by atoms with E-state index in [0.717, 1.165) is 27.5 Å². The number of aromatic nitrogens is 2. The molecule has 216 valence electrons. The van der Waals surface area contributed by atoms with Gasteiger partial charge in [-0.3, -0.25) is 15.0 Å². The molecular formula is C32H32ClF2N7. The first kappa shape index (κ1) is 28.0. The molecule has 0 saturated heterocycles. The third-order valence-electron chi connectivity index (χ3n) is 7.70. The van der Waals surface area contributed by atoms with Crippen molar-refractivity contribution < 1.29 is 8.78 Å². The first-order valence-electron chi connectivity index (χ1n) is 13.8. The van der Waals surface area contributed by atoms with Crippen molar-refractivity contribution in [2.45, 2.75) is 51.6 Å². The molecule has 0 radical (unpaired) electrons. The predicted octanol–water partition coefficient (Wildman–Crippen LogP) is 6.99. The number of nitrogens with zero attached hydrogens (tertiary/aromatic N) is 3. The van der Waals surface area contributed by atoms with E-state index in [4.69, 9.17) is 18.0 Å². The standard InChI is InChI=1S/C32H32ClF2N7/c1-5-19-16-37-29-23(27(19)38-18-31(2,3)4)14-22(15-24(29)33)39-28(21-9-8-20-7-6-12-36-25(20)13-21)26-17-42(41-40-26)32(10-11-32)30(34)35/h1,6-9,12-17,28,30,39-41H,10-11,18H2,2-4H3,(H,37,38)/t28-/m0/s1. The van der Waals surface area contributed by atoms with Gasteiger partial charge in [-0.1, -0.05) is 56.5 Å². The summed E-state index contributed by atoms with van der Waals surface area (Å²) in [7, 11) is 0. The monoisotopic (exact) mass is 587 g/mol. The summed E-state index contributed by atoms with van der Waals surface area (Å²) in [6.45, 7) is 7.11. The Balaban J connectivity index is 1.43. The Kier molecular flexibility index (Phi) is 7.08. The number of hydrogen-bond donors (Lipinski definition) is 4. The van der Waals surface area contributed by atoms with Crippen molar-refractivity contribution in [2.24, 2.45) is 5.41 Å². The fraction of sp³-hybridized carbons (Fsp3) is 0.312. The quantitative estimate of drug-likeness (QED) is 0.165. The number of alkyl halides is 2. The number of pyridine rings is 2. The molecule has 3 heterocycles. The lowest BCUT2D eigenvalue weighted by atomic mass is 9.96. The van der Waals surface area contributed by atoms with Crippen molar-refractivity contribution in [3.05, 3.63) is 82.9 Å². The number of hydrazine groups is 2. The summed E-state index contributed by atoms with van der Waals surface area (Å²) in [6.07, 6.45) is 9.32. The molecule has 42 heavy (non-hydrogen) atoms. The van der Waals surface area contributed by atoms with Crippen LogP contribution >= 0.6 is 11.6 Å². The van der Waals surface area contributed by atoms with Gasteiger partial charge in [-0.05, 0) is 48.1 Å². The highest BCUT2D eigenvalue weighted by atomic mass is 35.5. The van der Waals surface area contributed by atoms with Gasteiger partial charge in [-0.2, -0.15) is 0 Å². The van der Waals surface area contributed by atoms with E-state index < -0.39 is 18.0 Å². The molecule has 7 nitrogen and oxygen atoms in total. The Morgan fingerprint density at radius 1 is 1.17 bits per heavy atom. The lowest BCUT2D eigenvalue weighted by Crippen LogP contribution is -2.48. The van der Waals surface area contributed by atoms with Gasteiger partial charge in [-0.25, -0.2) is 8.78 Å². The topological polar surface area (TPSA) is 77.1 Å². The normalized spacial score (nSPS) is 16.7. The molecule has 2 aliphatic rings. The van der Waals surface area contributed by atoms with E-state index in [0.29, 0.717) is 46.9 Å². The summed E-state index contributed by atoms with van der Waals surface area (Å²) in [5.74, 6) is 2.74. The molecule has 0 amide bonds. The van der Waals surface area contributed by atoms with Crippen LogP contribution in [0.3, 0.4) is 0 Å². The molecule has 10 heteroatoms. The van der Waals surface area contributed by atoms with Gasteiger partial charge in [-0.15, -0.1) is 12.0 Å². The molecule has 2 aromatic heterocycles. The minimum Gasteiger partial charge on any atom is -0.383 e. The maximum absolute atomic E-state index is 13.9. The van der Waals surface area contributed by atoms with E-state index in [2.05, 4.69) is 58.3 Å². The predicted molar refractivity (Wildman–Crippen MR) is 165 cm³/mol. The van der Waals surface area contributed by atoms with Gasteiger partial charge < -0.3 is 16.1 Å². The van der Waals surface area contributed by atoms with E-state index in [-0.39, 0.29) is 5.41 Å². The molecule has 0 unspecified atom stereocenters. The highest BCUT2D eigenvalue weighted by molar-refractivity contribution is 6.35. The zero-order chi connectivity index (χ0) is 29.6. The van der Waals surface area contributed by atoms with Gasteiger partial charge >= 0.3 is 0 Å². The average Bonchev–Trinajstić information content (AvgIpc) is 3.64. The second-order valence-corrected chi connectivity index (χ2v) is 12.5. The summed E-state index contributed by atoms with van der Waals surface area (Å²) in [5.41, 5.74) is 10.0. The lowest BCUT2D eigenvalue weighted by Gasteiger charge is -2.25. The van der Waals surface area contributed by atoms with Crippen LogP contribution in [-0.4, -0.2) is 33.5 Å². The Morgan fingerprint density at radius 3 is 2.69 bits per heavy atom. The van der Waals surface area contributed by atoms with Crippen LogP contribution in [-0.2, 0) is 0 Å². The van der Waals surface area contributed by atoms with Gasteiger partial charge in [0.1, 0.15) is 5.54 Å².